The number of aromatic nitrogens is 2. The molecular formula is C18H25N3O3. The molecule has 1 aromatic carbocycles. The van der Waals surface area contributed by atoms with Gasteiger partial charge in [-0.25, -0.2) is 0 Å². The molecule has 1 amide bonds. The predicted octanol–water partition coefficient (Wildman–Crippen LogP) is 3.37. The van der Waals surface area contributed by atoms with Gasteiger partial charge in [0.05, 0.1) is 6.61 Å². The second-order valence-electron chi connectivity index (χ2n) is 6.25. The van der Waals surface area contributed by atoms with Gasteiger partial charge in [-0.1, -0.05) is 12.1 Å². The third-order valence-corrected chi connectivity index (χ3v) is 3.82. The second kappa shape index (κ2) is 7.95. The fourth-order valence-corrected chi connectivity index (χ4v) is 2.09. The molecule has 0 aliphatic rings. The Morgan fingerprint density at radius 1 is 1.25 bits per heavy atom. The van der Waals surface area contributed by atoms with Crippen LogP contribution in [0, 0.1) is 0 Å². The minimum absolute atomic E-state index is 0.0114. The van der Waals surface area contributed by atoms with Crippen molar-refractivity contribution in [2.45, 2.75) is 52.5 Å². The van der Waals surface area contributed by atoms with Crippen LogP contribution in [0.3, 0.4) is 0 Å². The highest BCUT2D eigenvalue weighted by Crippen LogP contribution is 2.20. The molecule has 2 rings (SSSR count). The Bertz CT molecular complexity index is 662. The lowest BCUT2D eigenvalue weighted by atomic mass is 10.0. The summed E-state index contributed by atoms with van der Waals surface area (Å²) in [5, 5.41) is 6.96. The van der Waals surface area contributed by atoms with Crippen LogP contribution in [0.1, 0.15) is 46.4 Å². The zero-order chi connectivity index (χ0) is 17.6. The standard InChI is InChI=1S/C18H25N3O3/c1-5-18(3,4)20-15(22)11-12-16-19-17(21-24-16)13-7-9-14(10-8-13)23-6-2/h7-10H,5-6,11-12H2,1-4H3,(H,20,22). The Labute approximate surface area is 142 Å². The van der Waals surface area contributed by atoms with Gasteiger partial charge in [-0.15, -0.1) is 0 Å². The minimum Gasteiger partial charge on any atom is -0.494 e. The van der Waals surface area contributed by atoms with Gasteiger partial charge in [0.15, 0.2) is 0 Å². The molecule has 1 aromatic heterocycles. The van der Waals surface area contributed by atoms with Crippen molar-refractivity contribution in [2.75, 3.05) is 6.61 Å². The first kappa shape index (κ1) is 18.0. The maximum Gasteiger partial charge on any atom is 0.227 e. The fourth-order valence-electron chi connectivity index (χ4n) is 2.09. The molecule has 0 aliphatic carbocycles. The summed E-state index contributed by atoms with van der Waals surface area (Å²) in [6.07, 6.45) is 1.63. The van der Waals surface area contributed by atoms with E-state index in [0.29, 0.717) is 31.2 Å². The minimum atomic E-state index is -0.195. The van der Waals surface area contributed by atoms with Crippen LogP contribution in [0.2, 0.25) is 0 Å². The van der Waals surface area contributed by atoms with Gasteiger partial charge in [0, 0.05) is 23.9 Å². The summed E-state index contributed by atoms with van der Waals surface area (Å²) >= 11 is 0. The molecule has 0 aliphatic heterocycles. The fraction of sp³-hybridized carbons (Fsp3) is 0.500. The van der Waals surface area contributed by atoms with Crippen LogP contribution in [0.5, 0.6) is 5.75 Å². The van der Waals surface area contributed by atoms with Crippen LogP contribution in [0.25, 0.3) is 11.4 Å². The number of ether oxygens (including phenoxy) is 1. The monoisotopic (exact) mass is 331 g/mol. The summed E-state index contributed by atoms with van der Waals surface area (Å²) in [5.74, 6) is 1.77. The van der Waals surface area contributed by atoms with Gasteiger partial charge in [-0.2, -0.15) is 4.98 Å². The van der Waals surface area contributed by atoms with Crippen molar-refractivity contribution >= 4 is 5.91 Å². The number of hydrogen-bond donors (Lipinski definition) is 1. The van der Waals surface area contributed by atoms with Crippen LogP contribution in [0.15, 0.2) is 28.8 Å². The van der Waals surface area contributed by atoms with Crippen molar-refractivity contribution in [2.24, 2.45) is 0 Å². The third kappa shape index (κ3) is 5.08. The van der Waals surface area contributed by atoms with Gasteiger partial charge in [0.1, 0.15) is 5.75 Å². The highest BCUT2D eigenvalue weighted by Gasteiger charge is 2.18. The molecule has 1 N–H and O–H groups in total. The third-order valence-electron chi connectivity index (χ3n) is 3.82. The van der Waals surface area contributed by atoms with Gasteiger partial charge in [0.25, 0.3) is 0 Å². The van der Waals surface area contributed by atoms with E-state index >= 15 is 0 Å². The number of nitrogens with one attached hydrogen (secondary N) is 1. The van der Waals surface area contributed by atoms with Crippen LogP contribution >= 0.6 is 0 Å². The van der Waals surface area contributed by atoms with E-state index in [1.807, 2.05) is 52.0 Å². The molecule has 0 saturated heterocycles. The molecule has 0 spiro atoms. The summed E-state index contributed by atoms with van der Waals surface area (Å²) in [6, 6.07) is 7.51. The van der Waals surface area contributed by atoms with E-state index in [0.717, 1.165) is 17.7 Å². The molecule has 0 atom stereocenters. The molecule has 2 aromatic rings. The quantitative estimate of drug-likeness (QED) is 0.802. The zero-order valence-corrected chi connectivity index (χ0v) is 14.8. The first-order chi connectivity index (χ1) is 11.4. The molecule has 6 heteroatoms. The molecule has 24 heavy (non-hydrogen) atoms. The zero-order valence-electron chi connectivity index (χ0n) is 14.8. The van der Waals surface area contributed by atoms with Crippen molar-refractivity contribution in [3.63, 3.8) is 0 Å². The summed E-state index contributed by atoms with van der Waals surface area (Å²) in [6.45, 7) is 8.62. The van der Waals surface area contributed by atoms with Crippen LogP contribution in [-0.2, 0) is 11.2 Å². The van der Waals surface area contributed by atoms with Crippen molar-refractivity contribution in [3.05, 3.63) is 30.2 Å². The smallest absolute Gasteiger partial charge is 0.227 e. The van der Waals surface area contributed by atoms with Gasteiger partial charge < -0.3 is 14.6 Å². The van der Waals surface area contributed by atoms with Crippen molar-refractivity contribution < 1.29 is 14.1 Å². The molecule has 0 radical (unpaired) electrons. The van der Waals surface area contributed by atoms with E-state index in [4.69, 9.17) is 9.26 Å². The summed E-state index contributed by atoms with van der Waals surface area (Å²) in [5.41, 5.74) is 0.657. The molecule has 0 bridgehead atoms. The number of rotatable bonds is 8. The van der Waals surface area contributed by atoms with Crippen LogP contribution in [0.4, 0.5) is 0 Å². The van der Waals surface area contributed by atoms with E-state index < -0.39 is 0 Å². The lowest BCUT2D eigenvalue weighted by Crippen LogP contribution is -2.42. The second-order valence-corrected chi connectivity index (χ2v) is 6.25. The van der Waals surface area contributed by atoms with Gasteiger partial charge in [-0.05, 0) is 51.5 Å². The van der Waals surface area contributed by atoms with E-state index in [2.05, 4.69) is 15.5 Å². The first-order valence-electron chi connectivity index (χ1n) is 8.30. The number of hydrogen-bond acceptors (Lipinski definition) is 5. The SMILES string of the molecule is CCOc1ccc(-c2noc(CCC(=O)NC(C)(C)CC)n2)cc1. The Morgan fingerprint density at radius 2 is 1.96 bits per heavy atom. The van der Waals surface area contributed by atoms with E-state index in [1.54, 1.807) is 0 Å². The highest BCUT2D eigenvalue weighted by atomic mass is 16.5. The predicted molar refractivity (Wildman–Crippen MR) is 91.7 cm³/mol. The van der Waals surface area contributed by atoms with E-state index in [1.165, 1.54) is 0 Å². The number of nitrogens with zero attached hydrogens (tertiary/aromatic N) is 2. The van der Waals surface area contributed by atoms with Crippen molar-refractivity contribution in [3.8, 4) is 17.1 Å². The normalized spacial score (nSPS) is 11.3. The molecule has 130 valence electrons. The molecule has 0 fully saturated rings. The molecule has 1 heterocycles. The summed E-state index contributed by atoms with van der Waals surface area (Å²) < 4.78 is 10.6. The van der Waals surface area contributed by atoms with Crippen LogP contribution < -0.4 is 10.1 Å². The van der Waals surface area contributed by atoms with E-state index in [-0.39, 0.29) is 11.4 Å². The lowest BCUT2D eigenvalue weighted by Gasteiger charge is -2.24. The lowest BCUT2D eigenvalue weighted by molar-refractivity contribution is -0.122. The number of aryl methyl sites for hydroxylation is 1. The molecule has 0 unspecified atom stereocenters. The topological polar surface area (TPSA) is 77.2 Å². The first-order valence-corrected chi connectivity index (χ1v) is 8.30. The highest BCUT2D eigenvalue weighted by molar-refractivity contribution is 5.76. The Balaban J connectivity index is 1.92. The average Bonchev–Trinajstić information content (AvgIpc) is 3.03. The van der Waals surface area contributed by atoms with Gasteiger partial charge in [-0.3, -0.25) is 4.79 Å². The summed E-state index contributed by atoms with van der Waals surface area (Å²) in [7, 11) is 0. The molecule has 6 nitrogen and oxygen atoms in total. The number of carbonyl (C=O) groups is 1. The Morgan fingerprint density at radius 3 is 2.58 bits per heavy atom. The molecular weight excluding hydrogens is 306 g/mol. The summed E-state index contributed by atoms with van der Waals surface area (Å²) in [4.78, 5) is 16.3. The van der Waals surface area contributed by atoms with Crippen molar-refractivity contribution in [1.82, 2.24) is 15.5 Å². The number of benzene rings is 1. The largest absolute Gasteiger partial charge is 0.494 e. The number of amides is 1. The van der Waals surface area contributed by atoms with Gasteiger partial charge >= 0.3 is 0 Å². The maximum atomic E-state index is 12.0. The van der Waals surface area contributed by atoms with Gasteiger partial charge in [0.2, 0.25) is 17.6 Å². The van der Waals surface area contributed by atoms with Crippen LogP contribution in [-0.4, -0.2) is 28.2 Å². The van der Waals surface area contributed by atoms with E-state index in [9.17, 15) is 4.79 Å². The Hall–Kier alpha value is -2.37. The average molecular weight is 331 g/mol. The Kier molecular flexibility index (Phi) is 5.95. The molecule has 0 saturated carbocycles. The van der Waals surface area contributed by atoms with Crippen molar-refractivity contribution in [1.29, 1.82) is 0 Å². The number of carbonyl (C=O) groups excluding carboxylic acids is 1. The maximum absolute atomic E-state index is 12.0.